The van der Waals surface area contributed by atoms with Crippen molar-refractivity contribution in [3.8, 4) is 17.2 Å². The van der Waals surface area contributed by atoms with Crippen LogP contribution in [0.1, 0.15) is 16.7 Å². The SMILES string of the molecule is COc1c(Cl)c(O)c(Cl)c(OC)c1NS(=O)(=O)c1cc(C)c(C)cc1C. The van der Waals surface area contributed by atoms with E-state index in [9.17, 15) is 13.5 Å². The predicted octanol–water partition coefficient (Wildman–Crippen LogP) is 4.44. The molecule has 6 nitrogen and oxygen atoms in total. The molecule has 2 aromatic carbocycles. The van der Waals surface area contributed by atoms with E-state index in [1.807, 2.05) is 13.8 Å². The maximum Gasteiger partial charge on any atom is 0.262 e. The predicted molar refractivity (Wildman–Crippen MR) is 103 cm³/mol. The van der Waals surface area contributed by atoms with Crippen molar-refractivity contribution in [3.05, 3.63) is 38.9 Å². The number of phenols is 1. The Labute approximate surface area is 162 Å². The Kier molecular flexibility index (Phi) is 5.85. The van der Waals surface area contributed by atoms with Crippen molar-refractivity contribution in [2.75, 3.05) is 18.9 Å². The number of hydrogen-bond acceptors (Lipinski definition) is 5. The maximum atomic E-state index is 13.0. The molecule has 0 radical (unpaired) electrons. The summed E-state index contributed by atoms with van der Waals surface area (Å²) in [6.45, 7) is 5.42. The number of ether oxygens (including phenoxy) is 2. The molecule has 0 aliphatic rings. The van der Waals surface area contributed by atoms with Crippen molar-refractivity contribution in [2.45, 2.75) is 25.7 Å². The Bertz CT molecular complexity index is 943. The summed E-state index contributed by atoms with van der Waals surface area (Å²) >= 11 is 12.1. The summed E-state index contributed by atoms with van der Waals surface area (Å²) in [6, 6.07) is 3.37. The van der Waals surface area contributed by atoms with Crippen LogP contribution in [0.25, 0.3) is 0 Å². The van der Waals surface area contributed by atoms with Gasteiger partial charge >= 0.3 is 0 Å². The van der Waals surface area contributed by atoms with Gasteiger partial charge in [-0.1, -0.05) is 29.3 Å². The second kappa shape index (κ2) is 7.42. The number of sulfonamides is 1. The Balaban J connectivity index is 2.70. The first-order valence-corrected chi connectivity index (χ1v) is 9.71. The van der Waals surface area contributed by atoms with E-state index in [4.69, 9.17) is 32.7 Å². The largest absolute Gasteiger partial charge is 0.505 e. The van der Waals surface area contributed by atoms with E-state index in [0.29, 0.717) is 5.56 Å². The van der Waals surface area contributed by atoms with Crippen LogP contribution in [0.5, 0.6) is 17.2 Å². The molecule has 0 unspecified atom stereocenters. The van der Waals surface area contributed by atoms with Crippen molar-refractivity contribution in [2.24, 2.45) is 0 Å². The number of rotatable bonds is 5. The Morgan fingerprint density at radius 2 is 1.38 bits per heavy atom. The summed E-state index contributed by atoms with van der Waals surface area (Å²) in [4.78, 5) is 0.102. The Hall–Kier alpha value is -1.83. The van der Waals surface area contributed by atoms with Crippen LogP contribution in [0.4, 0.5) is 5.69 Å². The van der Waals surface area contributed by atoms with E-state index in [1.54, 1.807) is 19.1 Å². The summed E-state index contributed by atoms with van der Waals surface area (Å²) < 4.78 is 38.6. The lowest BCUT2D eigenvalue weighted by molar-refractivity contribution is 0.389. The standard InChI is InChI=1S/C17H19Cl2NO5S/c1-8-6-10(3)11(7-9(8)2)26(22,23)20-14-16(24-4)12(18)15(21)13(19)17(14)25-5/h6-7,20-21H,1-5H3. The third kappa shape index (κ3) is 3.51. The van der Waals surface area contributed by atoms with Crippen LogP contribution in [0, 0.1) is 20.8 Å². The fraction of sp³-hybridized carbons (Fsp3) is 0.294. The van der Waals surface area contributed by atoms with E-state index in [-0.39, 0.29) is 32.1 Å². The van der Waals surface area contributed by atoms with Gasteiger partial charge in [0.25, 0.3) is 10.0 Å². The second-order valence-electron chi connectivity index (χ2n) is 5.73. The van der Waals surface area contributed by atoms with Crippen LogP contribution in [0.15, 0.2) is 17.0 Å². The van der Waals surface area contributed by atoms with E-state index in [0.717, 1.165) is 11.1 Å². The van der Waals surface area contributed by atoms with Crippen LogP contribution in [0.3, 0.4) is 0 Å². The lowest BCUT2D eigenvalue weighted by Crippen LogP contribution is -2.16. The first kappa shape index (κ1) is 20.5. The minimum Gasteiger partial charge on any atom is -0.505 e. The number of halogens is 2. The summed E-state index contributed by atoms with van der Waals surface area (Å²) in [5.74, 6) is -0.668. The molecule has 0 amide bonds. The summed E-state index contributed by atoms with van der Waals surface area (Å²) in [6.07, 6.45) is 0. The number of benzene rings is 2. The molecule has 0 atom stereocenters. The minimum atomic E-state index is -4.00. The highest BCUT2D eigenvalue weighted by Gasteiger charge is 2.28. The molecule has 2 N–H and O–H groups in total. The highest BCUT2D eigenvalue weighted by atomic mass is 35.5. The molecule has 0 aliphatic carbocycles. The Morgan fingerprint density at radius 1 is 0.923 bits per heavy atom. The highest BCUT2D eigenvalue weighted by molar-refractivity contribution is 7.92. The zero-order valence-electron chi connectivity index (χ0n) is 14.9. The lowest BCUT2D eigenvalue weighted by atomic mass is 10.1. The fourth-order valence-corrected chi connectivity index (χ4v) is 4.48. The van der Waals surface area contributed by atoms with Gasteiger partial charge in [0.2, 0.25) is 0 Å². The third-order valence-electron chi connectivity index (χ3n) is 3.99. The van der Waals surface area contributed by atoms with Crippen molar-refractivity contribution >= 4 is 38.9 Å². The van der Waals surface area contributed by atoms with E-state index < -0.39 is 15.8 Å². The first-order valence-electron chi connectivity index (χ1n) is 7.47. The first-order chi connectivity index (χ1) is 12.0. The van der Waals surface area contributed by atoms with Gasteiger partial charge in [-0.15, -0.1) is 0 Å². The number of methoxy groups -OCH3 is 2. The van der Waals surface area contributed by atoms with Gasteiger partial charge in [-0.3, -0.25) is 4.72 Å². The number of phenolic OH excluding ortho intramolecular Hbond substituents is 1. The van der Waals surface area contributed by atoms with Gasteiger partial charge in [0.1, 0.15) is 15.7 Å². The topological polar surface area (TPSA) is 84.9 Å². The zero-order chi connectivity index (χ0) is 19.8. The normalized spacial score (nSPS) is 11.3. The monoisotopic (exact) mass is 419 g/mol. The molecule has 2 rings (SSSR count). The molecule has 0 spiro atoms. The van der Waals surface area contributed by atoms with Crippen molar-refractivity contribution < 1.29 is 23.0 Å². The summed E-state index contributed by atoms with van der Waals surface area (Å²) in [7, 11) is -1.43. The number of nitrogens with one attached hydrogen (secondary N) is 1. The molecular formula is C17H19Cl2NO5S. The smallest absolute Gasteiger partial charge is 0.262 e. The molecule has 9 heteroatoms. The van der Waals surface area contributed by atoms with Crippen LogP contribution >= 0.6 is 23.2 Å². The molecule has 0 saturated carbocycles. The average Bonchev–Trinajstić information content (AvgIpc) is 2.56. The molecule has 0 aliphatic heterocycles. The molecular weight excluding hydrogens is 401 g/mol. The van der Waals surface area contributed by atoms with Gasteiger partial charge in [0.15, 0.2) is 17.2 Å². The Morgan fingerprint density at radius 3 is 1.85 bits per heavy atom. The van der Waals surface area contributed by atoms with Gasteiger partial charge in [-0.2, -0.15) is 0 Å². The summed E-state index contributed by atoms with van der Waals surface area (Å²) in [5, 5.41) is 9.52. The molecule has 0 aromatic heterocycles. The van der Waals surface area contributed by atoms with Crippen LogP contribution in [0.2, 0.25) is 10.0 Å². The lowest BCUT2D eigenvalue weighted by Gasteiger charge is -2.19. The molecule has 0 fully saturated rings. The van der Waals surface area contributed by atoms with E-state index in [1.165, 1.54) is 14.2 Å². The van der Waals surface area contributed by atoms with E-state index >= 15 is 0 Å². The van der Waals surface area contributed by atoms with Crippen LogP contribution < -0.4 is 14.2 Å². The quantitative estimate of drug-likeness (QED) is 0.699. The highest BCUT2D eigenvalue weighted by Crippen LogP contribution is 2.52. The van der Waals surface area contributed by atoms with Gasteiger partial charge in [0.05, 0.1) is 19.1 Å². The number of aryl methyl sites for hydroxylation is 3. The second-order valence-corrected chi connectivity index (χ2v) is 8.13. The van der Waals surface area contributed by atoms with Crippen molar-refractivity contribution in [1.29, 1.82) is 0 Å². The molecule has 26 heavy (non-hydrogen) atoms. The molecule has 0 heterocycles. The van der Waals surface area contributed by atoms with Crippen molar-refractivity contribution in [1.82, 2.24) is 0 Å². The average molecular weight is 420 g/mol. The zero-order valence-corrected chi connectivity index (χ0v) is 17.2. The minimum absolute atomic E-state index is 0.0968. The fourth-order valence-electron chi connectivity index (χ4n) is 2.52. The maximum absolute atomic E-state index is 13.0. The number of hydrogen-bond donors (Lipinski definition) is 2. The van der Waals surface area contributed by atoms with Gasteiger partial charge in [-0.05, 0) is 43.5 Å². The molecule has 0 saturated heterocycles. The molecule has 2 aromatic rings. The molecule has 0 bridgehead atoms. The van der Waals surface area contributed by atoms with Gasteiger partial charge in [-0.25, -0.2) is 8.42 Å². The summed E-state index contributed by atoms with van der Waals surface area (Å²) in [5.41, 5.74) is 2.29. The van der Waals surface area contributed by atoms with E-state index in [2.05, 4.69) is 4.72 Å². The van der Waals surface area contributed by atoms with Crippen LogP contribution in [-0.2, 0) is 10.0 Å². The van der Waals surface area contributed by atoms with Crippen LogP contribution in [-0.4, -0.2) is 27.7 Å². The number of anilines is 1. The molecule has 142 valence electrons. The van der Waals surface area contributed by atoms with Gasteiger partial charge < -0.3 is 14.6 Å². The van der Waals surface area contributed by atoms with Gasteiger partial charge in [0, 0.05) is 0 Å². The van der Waals surface area contributed by atoms with Crippen molar-refractivity contribution in [3.63, 3.8) is 0 Å². The number of aromatic hydroxyl groups is 1. The third-order valence-corrected chi connectivity index (χ3v) is 6.19.